The highest BCUT2D eigenvalue weighted by atomic mass is 35.5. The maximum Gasteiger partial charge on any atom is 0.353 e. The van der Waals surface area contributed by atoms with Crippen LogP contribution < -0.4 is 11.1 Å². The average molecular weight is 482 g/mol. The monoisotopic (exact) mass is 481 g/mol. The first-order valence-electron chi connectivity index (χ1n) is 10.8. The molecule has 5 N–H and O–H groups in total. The van der Waals surface area contributed by atoms with E-state index < -0.39 is 18.0 Å². The summed E-state index contributed by atoms with van der Waals surface area (Å²) >= 11 is 1.57. The van der Waals surface area contributed by atoms with Crippen molar-refractivity contribution in [3.63, 3.8) is 0 Å². The molecule has 0 aliphatic carbocycles. The standard InChI is InChI=1S/C23H31N3O4S.ClH/c1-11-18-17(12(2)27)21(28)26(18)19(22(29)30)20(11)31-15-9-16(25-10-15)13-5-7-14(8-6-13)23(3,4)24;/h5-8,11-12,15-18,25,27H,9-10,24H2,1-4H3,(H,29,30);1H/t11-,12-,15+,16-,17-,18-;/m1./s1. The van der Waals surface area contributed by atoms with E-state index in [0.717, 1.165) is 23.4 Å². The van der Waals surface area contributed by atoms with Gasteiger partial charge in [0.2, 0.25) is 5.91 Å². The lowest BCUT2D eigenvalue weighted by Crippen LogP contribution is -2.63. The number of carboxylic acid groups (broad SMARTS) is 1. The summed E-state index contributed by atoms with van der Waals surface area (Å²) in [6, 6.07) is 8.27. The zero-order chi connectivity index (χ0) is 22.7. The van der Waals surface area contributed by atoms with Gasteiger partial charge in [-0.3, -0.25) is 4.79 Å². The smallest absolute Gasteiger partial charge is 0.353 e. The van der Waals surface area contributed by atoms with Crippen LogP contribution in [0.2, 0.25) is 0 Å². The largest absolute Gasteiger partial charge is 0.477 e. The quantitative estimate of drug-likeness (QED) is 0.461. The summed E-state index contributed by atoms with van der Waals surface area (Å²) in [6.45, 7) is 8.29. The third-order valence-electron chi connectivity index (χ3n) is 6.75. The summed E-state index contributed by atoms with van der Waals surface area (Å²) in [7, 11) is 0. The van der Waals surface area contributed by atoms with Crippen molar-refractivity contribution in [1.29, 1.82) is 0 Å². The van der Waals surface area contributed by atoms with Crippen molar-refractivity contribution in [2.45, 2.75) is 63.1 Å². The van der Waals surface area contributed by atoms with E-state index in [-0.39, 0.29) is 52.8 Å². The van der Waals surface area contributed by atoms with E-state index in [1.807, 2.05) is 20.8 Å². The molecule has 176 valence electrons. The molecule has 0 bridgehead atoms. The topological polar surface area (TPSA) is 116 Å². The van der Waals surface area contributed by atoms with Crippen LogP contribution in [-0.2, 0) is 15.1 Å². The molecule has 3 aliphatic rings. The number of hydrogen-bond donors (Lipinski definition) is 4. The van der Waals surface area contributed by atoms with Gasteiger partial charge in [0.05, 0.1) is 18.1 Å². The van der Waals surface area contributed by atoms with Gasteiger partial charge in [-0.05, 0) is 38.3 Å². The van der Waals surface area contributed by atoms with Crippen LogP contribution in [0.3, 0.4) is 0 Å². The molecule has 3 aliphatic heterocycles. The summed E-state index contributed by atoms with van der Waals surface area (Å²) in [6.07, 6.45) is 0.0898. The Kier molecular flexibility index (Phi) is 7.04. The van der Waals surface area contributed by atoms with Gasteiger partial charge in [-0.1, -0.05) is 31.2 Å². The van der Waals surface area contributed by atoms with Crippen molar-refractivity contribution in [3.8, 4) is 0 Å². The van der Waals surface area contributed by atoms with Crippen molar-refractivity contribution in [2.75, 3.05) is 6.54 Å². The second kappa shape index (κ2) is 8.99. The SMILES string of the molecule is C[C@@H](O)[C@H]1C(=O)N2C(C(=O)O)=C(S[C@@H]3CN[C@@H](c4ccc(C(C)(C)N)cc4)C3)[C@H](C)[C@H]12.Cl. The number of nitrogens with zero attached hydrogens (tertiary/aromatic N) is 1. The first-order chi connectivity index (χ1) is 14.5. The first kappa shape index (κ1) is 25.1. The van der Waals surface area contributed by atoms with Gasteiger partial charge in [-0.2, -0.15) is 0 Å². The van der Waals surface area contributed by atoms with Crippen LogP contribution >= 0.6 is 24.2 Å². The Morgan fingerprint density at radius 3 is 2.47 bits per heavy atom. The number of nitrogens with two attached hydrogens (primary N) is 1. The van der Waals surface area contributed by atoms with Gasteiger partial charge in [0.15, 0.2) is 0 Å². The number of aliphatic hydroxyl groups excluding tert-OH is 1. The number of carbonyl (C=O) groups excluding carboxylic acids is 1. The minimum absolute atomic E-state index is 0. The number of carbonyl (C=O) groups is 2. The number of rotatable bonds is 6. The Morgan fingerprint density at radius 1 is 1.31 bits per heavy atom. The van der Waals surface area contributed by atoms with Gasteiger partial charge in [0, 0.05) is 34.2 Å². The van der Waals surface area contributed by atoms with Crippen molar-refractivity contribution in [3.05, 3.63) is 46.0 Å². The Labute approximate surface area is 199 Å². The molecule has 9 heteroatoms. The molecule has 0 unspecified atom stereocenters. The molecule has 2 saturated heterocycles. The summed E-state index contributed by atoms with van der Waals surface area (Å²) in [4.78, 5) is 26.6. The average Bonchev–Trinajstić information content (AvgIpc) is 3.23. The molecule has 32 heavy (non-hydrogen) atoms. The number of amides is 1. The van der Waals surface area contributed by atoms with Crippen molar-refractivity contribution >= 4 is 36.0 Å². The lowest BCUT2D eigenvalue weighted by Gasteiger charge is -2.46. The van der Waals surface area contributed by atoms with Crippen molar-refractivity contribution in [2.24, 2.45) is 17.6 Å². The van der Waals surface area contributed by atoms with Gasteiger partial charge >= 0.3 is 5.97 Å². The normalized spacial score (nSPS) is 30.6. The highest BCUT2D eigenvalue weighted by molar-refractivity contribution is 8.03. The Hall–Kier alpha value is -1.58. The number of fused-ring (bicyclic) bond motifs is 1. The fraction of sp³-hybridized carbons (Fsp3) is 0.565. The van der Waals surface area contributed by atoms with E-state index >= 15 is 0 Å². The maximum absolute atomic E-state index is 12.5. The summed E-state index contributed by atoms with van der Waals surface area (Å²) in [5, 5.41) is 23.6. The highest BCUT2D eigenvalue weighted by Crippen LogP contribution is 2.52. The minimum Gasteiger partial charge on any atom is -0.477 e. The number of aliphatic carboxylic acids is 1. The van der Waals surface area contributed by atoms with Crippen LogP contribution in [0.1, 0.15) is 51.3 Å². The molecule has 0 aromatic heterocycles. The fourth-order valence-corrected chi connectivity index (χ4v) is 6.53. The molecule has 1 aromatic rings. The van der Waals surface area contributed by atoms with E-state index in [9.17, 15) is 19.8 Å². The van der Waals surface area contributed by atoms with Crippen LogP contribution in [0, 0.1) is 11.8 Å². The third-order valence-corrected chi connectivity index (χ3v) is 8.26. The predicted octanol–water partition coefficient (Wildman–Crippen LogP) is 2.59. The van der Waals surface area contributed by atoms with Gasteiger partial charge in [-0.25, -0.2) is 4.79 Å². The van der Waals surface area contributed by atoms with Crippen molar-refractivity contribution in [1.82, 2.24) is 10.2 Å². The van der Waals surface area contributed by atoms with Crippen LogP contribution in [0.5, 0.6) is 0 Å². The molecule has 1 aromatic carbocycles. The second-order valence-electron chi connectivity index (χ2n) is 9.55. The molecule has 0 spiro atoms. The Balaban J connectivity index is 0.00000289. The van der Waals surface area contributed by atoms with Crippen LogP contribution in [0.25, 0.3) is 0 Å². The number of hydrogen-bond acceptors (Lipinski definition) is 6. The second-order valence-corrected chi connectivity index (χ2v) is 10.9. The van der Waals surface area contributed by atoms with Gasteiger partial charge in [-0.15, -0.1) is 24.2 Å². The molecule has 6 atom stereocenters. The number of halogens is 1. The van der Waals surface area contributed by atoms with E-state index in [4.69, 9.17) is 5.73 Å². The molecular formula is C23H32ClN3O4S. The molecule has 2 fully saturated rings. The lowest BCUT2D eigenvalue weighted by molar-refractivity contribution is -0.163. The van der Waals surface area contributed by atoms with E-state index in [2.05, 4.69) is 29.6 Å². The molecule has 3 heterocycles. The zero-order valence-corrected chi connectivity index (χ0v) is 20.4. The number of nitrogens with one attached hydrogen (secondary N) is 1. The minimum atomic E-state index is -1.07. The third kappa shape index (κ3) is 4.19. The van der Waals surface area contributed by atoms with Gasteiger partial charge in [0.1, 0.15) is 5.70 Å². The molecule has 0 saturated carbocycles. The number of β-lactam (4-membered cyclic amide) rings is 1. The lowest BCUT2D eigenvalue weighted by atomic mass is 9.79. The molecule has 1 amide bonds. The van der Waals surface area contributed by atoms with Gasteiger partial charge in [0.25, 0.3) is 0 Å². The number of benzene rings is 1. The van der Waals surface area contributed by atoms with Crippen LogP contribution in [-0.4, -0.2) is 50.9 Å². The van der Waals surface area contributed by atoms with Gasteiger partial charge < -0.3 is 26.2 Å². The maximum atomic E-state index is 12.5. The van der Waals surface area contributed by atoms with Crippen LogP contribution in [0.4, 0.5) is 0 Å². The van der Waals surface area contributed by atoms with E-state index in [1.165, 1.54) is 10.5 Å². The van der Waals surface area contributed by atoms with Crippen LogP contribution in [0.15, 0.2) is 34.9 Å². The fourth-order valence-electron chi connectivity index (χ4n) is 5.05. The Bertz CT molecular complexity index is 928. The molecule has 7 nitrogen and oxygen atoms in total. The number of thioether (sulfide) groups is 1. The first-order valence-corrected chi connectivity index (χ1v) is 11.7. The van der Waals surface area contributed by atoms with E-state index in [0.29, 0.717) is 0 Å². The highest BCUT2D eigenvalue weighted by Gasteiger charge is 2.60. The number of aliphatic hydroxyl groups is 1. The number of carboxylic acids is 1. The zero-order valence-electron chi connectivity index (χ0n) is 18.7. The molecule has 0 radical (unpaired) electrons. The predicted molar refractivity (Wildman–Crippen MR) is 127 cm³/mol. The molecular weight excluding hydrogens is 450 g/mol. The summed E-state index contributed by atoms with van der Waals surface area (Å²) < 4.78 is 0. The Morgan fingerprint density at radius 2 is 1.94 bits per heavy atom. The summed E-state index contributed by atoms with van der Waals surface area (Å²) in [5.74, 6) is -1.98. The summed E-state index contributed by atoms with van der Waals surface area (Å²) in [5.41, 5.74) is 8.17. The molecule has 4 rings (SSSR count). The van der Waals surface area contributed by atoms with Crippen molar-refractivity contribution < 1.29 is 19.8 Å². The van der Waals surface area contributed by atoms with E-state index in [1.54, 1.807) is 18.7 Å².